The third-order valence-corrected chi connectivity index (χ3v) is 4.22. The van der Waals surface area contributed by atoms with Gasteiger partial charge in [0.2, 0.25) is 0 Å². The van der Waals surface area contributed by atoms with E-state index in [-0.39, 0.29) is 0 Å². The molecule has 8 nitrogen and oxygen atoms in total. The molecule has 176 valence electrons. The highest BCUT2D eigenvalue weighted by Crippen LogP contribution is 2.12. The number of alkyl carbamates (subject to hydrolysis) is 2. The minimum absolute atomic E-state index is 0.292. The molecule has 4 N–H and O–H groups in total. The minimum atomic E-state index is -1.04. The molecule has 2 heterocycles. The topological polar surface area (TPSA) is 101 Å². The number of piperidine rings is 2. The number of ether oxygens (including phenoxy) is 2. The van der Waals surface area contributed by atoms with E-state index in [1.165, 1.54) is 0 Å². The number of amides is 2. The Bertz CT molecular complexity index is 504. The molecule has 0 bridgehead atoms. The van der Waals surface area contributed by atoms with Crippen LogP contribution in [0.1, 0.15) is 54.4 Å². The van der Waals surface area contributed by atoms with Gasteiger partial charge in [0.1, 0.15) is 23.5 Å². The van der Waals surface area contributed by atoms with Crippen molar-refractivity contribution in [2.45, 2.75) is 90.0 Å². The number of halogens is 2. The Hall–Kier alpha value is -1.68. The number of alkyl halides is 2. The summed E-state index contributed by atoms with van der Waals surface area (Å²) in [6.45, 7) is 12.7. The van der Waals surface area contributed by atoms with Crippen molar-refractivity contribution in [3.8, 4) is 0 Å². The second-order valence-electron chi connectivity index (χ2n) is 9.52. The zero-order chi connectivity index (χ0) is 22.9. The second kappa shape index (κ2) is 11.6. The molecule has 2 fully saturated rings. The van der Waals surface area contributed by atoms with E-state index in [1.54, 1.807) is 41.5 Å². The Balaban J connectivity index is 0.000000300. The molecule has 0 unspecified atom stereocenters. The van der Waals surface area contributed by atoms with E-state index >= 15 is 0 Å². The molecule has 0 spiro atoms. The smallest absolute Gasteiger partial charge is 0.407 e. The van der Waals surface area contributed by atoms with E-state index in [9.17, 15) is 18.4 Å². The van der Waals surface area contributed by atoms with Gasteiger partial charge in [0, 0.05) is 13.1 Å². The van der Waals surface area contributed by atoms with Crippen LogP contribution in [0.15, 0.2) is 0 Å². The molecule has 2 saturated heterocycles. The minimum Gasteiger partial charge on any atom is -0.444 e. The van der Waals surface area contributed by atoms with Crippen molar-refractivity contribution >= 4 is 12.2 Å². The van der Waals surface area contributed by atoms with E-state index in [4.69, 9.17) is 9.47 Å². The average Bonchev–Trinajstić information content (AvgIpc) is 2.56. The van der Waals surface area contributed by atoms with Crippen LogP contribution in [-0.2, 0) is 9.47 Å². The Morgan fingerprint density at radius 2 is 1.10 bits per heavy atom. The van der Waals surface area contributed by atoms with Gasteiger partial charge in [-0.25, -0.2) is 18.4 Å². The van der Waals surface area contributed by atoms with E-state index < -0.39 is 47.8 Å². The van der Waals surface area contributed by atoms with Crippen LogP contribution in [0.2, 0.25) is 0 Å². The predicted molar refractivity (Wildman–Crippen MR) is 111 cm³/mol. The zero-order valence-electron chi connectivity index (χ0n) is 18.9. The average molecular weight is 437 g/mol. The molecule has 0 aromatic carbocycles. The number of carbonyl (C=O) groups excluding carboxylic acids is 2. The summed E-state index contributed by atoms with van der Waals surface area (Å²) in [5.74, 6) is 0. The van der Waals surface area contributed by atoms with Crippen LogP contribution >= 0.6 is 0 Å². The fraction of sp³-hybridized carbons (Fsp3) is 0.900. The highest BCUT2D eigenvalue weighted by Gasteiger charge is 2.28. The summed E-state index contributed by atoms with van der Waals surface area (Å²) in [5.41, 5.74) is -1.08. The van der Waals surface area contributed by atoms with Gasteiger partial charge in [-0.2, -0.15) is 0 Å². The predicted octanol–water partition coefficient (Wildman–Crippen LogP) is 2.42. The molecular weight excluding hydrogens is 398 g/mol. The van der Waals surface area contributed by atoms with Crippen molar-refractivity contribution in [1.82, 2.24) is 21.3 Å². The van der Waals surface area contributed by atoms with Crippen LogP contribution < -0.4 is 21.3 Å². The molecule has 0 saturated carbocycles. The number of hydrogen-bond acceptors (Lipinski definition) is 6. The monoisotopic (exact) mass is 436 g/mol. The summed E-state index contributed by atoms with van der Waals surface area (Å²) < 4.78 is 36.7. The summed E-state index contributed by atoms with van der Waals surface area (Å²) in [6, 6.07) is -0.859. The van der Waals surface area contributed by atoms with Gasteiger partial charge in [-0.1, -0.05) is 0 Å². The third kappa shape index (κ3) is 11.5. The van der Waals surface area contributed by atoms with Crippen LogP contribution in [-0.4, -0.2) is 74.0 Å². The van der Waals surface area contributed by atoms with Crippen molar-refractivity contribution in [2.75, 3.05) is 26.2 Å². The molecule has 0 radical (unpaired) electrons. The van der Waals surface area contributed by atoms with E-state index in [0.717, 1.165) is 13.1 Å². The van der Waals surface area contributed by atoms with Gasteiger partial charge in [-0.15, -0.1) is 0 Å². The summed E-state index contributed by atoms with van der Waals surface area (Å²) in [5, 5.41) is 10.9. The zero-order valence-corrected chi connectivity index (χ0v) is 18.9. The molecule has 2 amide bonds. The number of hydrogen-bond donors (Lipinski definition) is 4. The first kappa shape index (κ1) is 26.4. The normalized spacial score (nSPS) is 27.2. The summed E-state index contributed by atoms with van der Waals surface area (Å²) in [4.78, 5) is 22.7. The third-order valence-electron chi connectivity index (χ3n) is 4.22. The lowest BCUT2D eigenvalue weighted by Crippen LogP contribution is -2.51. The second-order valence-corrected chi connectivity index (χ2v) is 9.52. The van der Waals surface area contributed by atoms with Crippen molar-refractivity contribution in [2.24, 2.45) is 0 Å². The van der Waals surface area contributed by atoms with Gasteiger partial charge < -0.3 is 30.7 Å². The van der Waals surface area contributed by atoms with Gasteiger partial charge in [-0.05, 0) is 67.5 Å². The van der Waals surface area contributed by atoms with Gasteiger partial charge in [-0.3, -0.25) is 0 Å². The fourth-order valence-electron chi connectivity index (χ4n) is 2.88. The molecule has 2 aliphatic rings. The quantitative estimate of drug-likeness (QED) is 0.531. The highest BCUT2D eigenvalue weighted by molar-refractivity contribution is 5.68. The van der Waals surface area contributed by atoms with Gasteiger partial charge in [0.05, 0.1) is 12.1 Å². The largest absolute Gasteiger partial charge is 0.444 e. The van der Waals surface area contributed by atoms with E-state index in [1.807, 2.05) is 0 Å². The van der Waals surface area contributed by atoms with Crippen LogP contribution in [0.3, 0.4) is 0 Å². The van der Waals surface area contributed by atoms with E-state index in [0.29, 0.717) is 25.9 Å². The first-order valence-electron chi connectivity index (χ1n) is 10.5. The maximum absolute atomic E-state index is 13.3. The molecule has 30 heavy (non-hydrogen) atoms. The Morgan fingerprint density at radius 1 is 0.767 bits per heavy atom. The summed E-state index contributed by atoms with van der Waals surface area (Å²) in [7, 11) is 0. The summed E-state index contributed by atoms with van der Waals surface area (Å²) >= 11 is 0. The summed E-state index contributed by atoms with van der Waals surface area (Å²) in [6.07, 6.45) is -1.97. The van der Waals surface area contributed by atoms with Crippen LogP contribution in [0, 0.1) is 0 Å². The van der Waals surface area contributed by atoms with Crippen LogP contribution in [0.25, 0.3) is 0 Å². The maximum atomic E-state index is 13.3. The van der Waals surface area contributed by atoms with Gasteiger partial charge in [0.15, 0.2) is 0 Å². The molecule has 2 rings (SSSR count). The SMILES string of the molecule is CC(C)(C)OC(=O)N[C@@H]1CCNC[C@@H]1F.CC(C)(C)OC(=O)N[C@H]1CCNC[C@H]1F. The molecule has 2 aliphatic heterocycles. The van der Waals surface area contributed by atoms with E-state index in [2.05, 4.69) is 21.3 Å². The van der Waals surface area contributed by atoms with Crippen molar-refractivity contribution in [3.63, 3.8) is 0 Å². The first-order chi connectivity index (χ1) is 13.8. The lowest BCUT2D eigenvalue weighted by molar-refractivity contribution is 0.0448. The van der Waals surface area contributed by atoms with Crippen molar-refractivity contribution < 1.29 is 27.8 Å². The molecule has 10 heteroatoms. The number of nitrogens with one attached hydrogen (secondary N) is 4. The number of rotatable bonds is 2. The van der Waals surface area contributed by atoms with Crippen molar-refractivity contribution in [1.29, 1.82) is 0 Å². The highest BCUT2D eigenvalue weighted by atomic mass is 19.1. The van der Waals surface area contributed by atoms with Crippen LogP contribution in [0.4, 0.5) is 18.4 Å². The standard InChI is InChI=1S/2C10H19FN2O2/c2*1-10(2,3)15-9(14)13-8-4-5-12-6-7(8)11/h2*7-8,12H,4-6H2,1-3H3,(H,13,14)/t2*7-,8+/m10/s1. The lowest BCUT2D eigenvalue weighted by Gasteiger charge is -2.28. The Labute approximate surface area is 178 Å². The lowest BCUT2D eigenvalue weighted by atomic mass is 10.1. The number of carbonyl (C=O) groups is 2. The molecule has 0 aliphatic carbocycles. The van der Waals surface area contributed by atoms with Crippen molar-refractivity contribution in [3.05, 3.63) is 0 Å². The molecule has 0 aromatic heterocycles. The van der Waals surface area contributed by atoms with Crippen LogP contribution in [0.5, 0.6) is 0 Å². The molecule has 4 atom stereocenters. The van der Waals surface area contributed by atoms with Gasteiger partial charge >= 0.3 is 12.2 Å². The Morgan fingerprint density at radius 3 is 1.37 bits per heavy atom. The fourth-order valence-corrected chi connectivity index (χ4v) is 2.88. The molecular formula is C20H38F2N4O4. The molecule has 0 aromatic rings. The first-order valence-corrected chi connectivity index (χ1v) is 10.5. The van der Waals surface area contributed by atoms with Gasteiger partial charge in [0.25, 0.3) is 0 Å². The maximum Gasteiger partial charge on any atom is 0.407 e. The Kier molecular flexibility index (Phi) is 10.2.